The molecule has 3 aromatic rings. The summed E-state index contributed by atoms with van der Waals surface area (Å²) in [5.41, 5.74) is -5.21. The van der Waals surface area contributed by atoms with E-state index in [9.17, 15) is 31.2 Å². The standard InChI is InChI=1S/C22H16BrF3N2O4S/c1-13-10-17(23)19(18(11-13)33(31,32)22(24,25)26)28-21(30)15-8-5-9-16(12-15)27-20(29)14-6-3-2-4-7-14/h2-12H,1H3,(H,27,29)(H,28,30). The summed E-state index contributed by atoms with van der Waals surface area (Å²) in [6.45, 7) is 1.42. The monoisotopic (exact) mass is 540 g/mol. The molecular formula is C22H16BrF3N2O4S. The highest BCUT2D eigenvalue weighted by Crippen LogP contribution is 2.39. The number of halogens is 4. The molecule has 0 bridgehead atoms. The summed E-state index contributed by atoms with van der Waals surface area (Å²) in [5.74, 6) is -1.29. The first-order valence-corrected chi connectivity index (χ1v) is 11.6. The van der Waals surface area contributed by atoms with Crippen LogP contribution in [0.5, 0.6) is 0 Å². The summed E-state index contributed by atoms with van der Waals surface area (Å²) in [6.07, 6.45) is 0. The third-order valence-electron chi connectivity index (χ3n) is 4.45. The molecule has 2 amide bonds. The van der Waals surface area contributed by atoms with Crippen LogP contribution in [0.2, 0.25) is 0 Å². The average Bonchev–Trinajstić information content (AvgIpc) is 2.75. The van der Waals surface area contributed by atoms with E-state index in [-0.39, 0.29) is 21.3 Å². The summed E-state index contributed by atoms with van der Waals surface area (Å²) in [5, 5.41) is 4.85. The molecule has 0 fully saturated rings. The number of sulfone groups is 1. The van der Waals surface area contributed by atoms with Gasteiger partial charge in [-0.25, -0.2) is 8.42 Å². The fraction of sp³-hybridized carbons (Fsp3) is 0.0909. The van der Waals surface area contributed by atoms with Crippen molar-refractivity contribution in [2.45, 2.75) is 17.3 Å². The number of amides is 2. The van der Waals surface area contributed by atoms with Gasteiger partial charge in [-0.3, -0.25) is 9.59 Å². The third kappa shape index (κ3) is 5.42. The molecule has 3 rings (SSSR count). The second-order valence-electron chi connectivity index (χ2n) is 6.92. The Morgan fingerprint density at radius 1 is 0.848 bits per heavy atom. The molecule has 6 nitrogen and oxygen atoms in total. The SMILES string of the molecule is Cc1cc(Br)c(NC(=O)c2cccc(NC(=O)c3ccccc3)c2)c(S(=O)(=O)C(F)(F)F)c1. The number of hydrogen-bond acceptors (Lipinski definition) is 4. The molecule has 172 valence electrons. The first kappa shape index (κ1) is 24.5. The number of nitrogens with one attached hydrogen (secondary N) is 2. The quantitative estimate of drug-likeness (QED) is 0.443. The minimum Gasteiger partial charge on any atom is -0.322 e. The molecule has 0 saturated carbocycles. The van der Waals surface area contributed by atoms with Crippen LogP contribution in [-0.2, 0) is 9.84 Å². The van der Waals surface area contributed by atoms with Crippen LogP contribution >= 0.6 is 15.9 Å². The molecule has 0 unspecified atom stereocenters. The van der Waals surface area contributed by atoms with Crippen molar-refractivity contribution in [3.63, 3.8) is 0 Å². The van der Waals surface area contributed by atoms with Gasteiger partial charge in [0.05, 0.1) is 5.69 Å². The van der Waals surface area contributed by atoms with Crippen LogP contribution in [-0.4, -0.2) is 25.7 Å². The number of aryl methyl sites for hydroxylation is 1. The molecule has 0 aromatic heterocycles. The van der Waals surface area contributed by atoms with Crippen LogP contribution in [0.25, 0.3) is 0 Å². The Bertz CT molecular complexity index is 1330. The number of hydrogen-bond donors (Lipinski definition) is 2. The highest BCUT2D eigenvalue weighted by molar-refractivity contribution is 9.10. The number of carbonyl (C=O) groups is 2. The van der Waals surface area contributed by atoms with Crippen molar-refractivity contribution in [2.24, 2.45) is 0 Å². The highest BCUT2D eigenvalue weighted by Gasteiger charge is 2.48. The molecule has 3 aromatic carbocycles. The van der Waals surface area contributed by atoms with Gasteiger partial charge in [0.2, 0.25) is 0 Å². The van der Waals surface area contributed by atoms with Crippen molar-refractivity contribution in [2.75, 3.05) is 10.6 Å². The minimum absolute atomic E-state index is 0.0105. The molecule has 0 saturated heterocycles. The Kier molecular flexibility index (Phi) is 6.94. The highest BCUT2D eigenvalue weighted by atomic mass is 79.9. The second kappa shape index (κ2) is 9.36. The Morgan fingerprint density at radius 3 is 2.09 bits per heavy atom. The van der Waals surface area contributed by atoms with Crippen molar-refractivity contribution in [3.05, 3.63) is 87.9 Å². The van der Waals surface area contributed by atoms with E-state index in [0.717, 1.165) is 6.07 Å². The number of alkyl halides is 3. The van der Waals surface area contributed by atoms with Crippen molar-refractivity contribution in [1.29, 1.82) is 0 Å². The zero-order valence-electron chi connectivity index (χ0n) is 16.9. The fourth-order valence-corrected chi connectivity index (χ4v) is 4.71. The molecular weight excluding hydrogens is 525 g/mol. The molecule has 0 heterocycles. The zero-order chi connectivity index (χ0) is 24.4. The van der Waals surface area contributed by atoms with E-state index in [1.54, 1.807) is 30.3 Å². The van der Waals surface area contributed by atoms with Gasteiger partial charge in [-0.05, 0) is 70.9 Å². The van der Waals surface area contributed by atoms with Crippen LogP contribution in [0.15, 0.2) is 76.1 Å². The van der Waals surface area contributed by atoms with Gasteiger partial charge in [0, 0.05) is 21.3 Å². The molecule has 0 atom stereocenters. The summed E-state index contributed by atoms with van der Waals surface area (Å²) >= 11 is 3.03. The molecule has 0 spiro atoms. The topological polar surface area (TPSA) is 92.3 Å². The number of benzene rings is 3. The average molecular weight is 541 g/mol. The molecule has 0 aliphatic rings. The minimum atomic E-state index is -5.74. The van der Waals surface area contributed by atoms with Crippen LogP contribution in [0.3, 0.4) is 0 Å². The van der Waals surface area contributed by atoms with Crippen LogP contribution in [0.1, 0.15) is 26.3 Å². The Balaban J connectivity index is 1.91. The summed E-state index contributed by atoms with van der Waals surface area (Å²) in [7, 11) is -5.74. The van der Waals surface area contributed by atoms with E-state index < -0.39 is 37.7 Å². The largest absolute Gasteiger partial charge is 0.501 e. The fourth-order valence-electron chi connectivity index (χ4n) is 2.88. The predicted octanol–water partition coefficient (Wildman–Crippen LogP) is 5.56. The normalized spacial score (nSPS) is 11.7. The van der Waals surface area contributed by atoms with Gasteiger partial charge in [0.1, 0.15) is 4.90 Å². The van der Waals surface area contributed by atoms with E-state index >= 15 is 0 Å². The smallest absolute Gasteiger partial charge is 0.322 e. The number of carbonyl (C=O) groups excluding carboxylic acids is 2. The van der Waals surface area contributed by atoms with E-state index in [1.807, 2.05) is 0 Å². The van der Waals surface area contributed by atoms with Gasteiger partial charge in [0.25, 0.3) is 21.7 Å². The Labute approximate surface area is 195 Å². The lowest BCUT2D eigenvalue weighted by molar-refractivity contribution is -0.0435. The lowest BCUT2D eigenvalue weighted by atomic mass is 10.1. The third-order valence-corrected chi connectivity index (χ3v) is 6.59. The van der Waals surface area contributed by atoms with E-state index in [1.165, 1.54) is 37.3 Å². The van der Waals surface area contributed by atoms with Crippen molar-refractivity contribution >= 4 is 49.0 Å². The van der Waals surface area contributed by atoms with Gasteiger partial charge in [-0.15, -0.1) is 0 Å². The van der Waals surface area contributed by atoms with Gasteiger partial charge in [0.15, 0.2) is 0 Å². The molecule has 0 aliphatic carbocycles. The molecule has 0 aliphatic heterocycles. The Morgan fingerprint density at radius 2 is 1.45 bits per heavy atom. The Hall–Kier alpha value is -3.18. The first-order chi connectivity index (χ1) is 15.4. The molecule has 2 N–H and O–H groups in total. The molecule has 11 heteroatoms. The molecule has 33 heavy (non-hydrogen) atoms. The van der Waals surface area contributed by atoms with Gasteiger partial charge in [-0.2, -0.15) is 13.2 Å². The summed E-state index contributed by atoms with van der Waals surface area (Å²) in [4.78, 5) is 24.0. The maximum atomic E-state index is 13.2. The summed E-state index contributed by atoms with van der Waals surface area (Å²) < 4.78 is 63.6. The van der Waals surface area contributed by atoms with Crippen LogP contribution in [0, 0.1) is 6.92 Å². The number of anilines is 2. The van der Waals surface area contributed by atoms with E-state index in [0.29, 0.717) is 5.56 Å². The van der Waals surface area contributed by atoms with Crippen molar-refractivity contribution in [1.82, 2.24) is 0 Å². The second-order valence-corrected chi connectivity index (χ2v) is 9.69. The van der Waals surface area contributed by atoms with Gasteiger partial charge in [-0.1, -0.05) is 24.3 Å². The zero-order valence-corrected chi connectivity index (χ0v) is 19.3. The predicted molar refractivity (Wildman–Crippen MR) is 121 cm³/mol. The van der Waals surface area contributed by atoms with Crippen LogP contribution < -0.4 is 10.6 Å². The van der Waals surface area contributed by atoms with E-state index in [4.69, 9.17) is 0 Å². The maximum absolute atomic E-state index is 13.2. The van der Waals surface area contributed by atoms with E-state index in [2.05, 4.69) is 26.6 Å². The van der Waals surface area contributed by atoms with Gasteiger partial charge < -0.3 is 10.6 Å². The maximum Gasteiger partial charge on any atom is 0.501 e. The van der Waals surface area contributed by atoms with Crippen molar-refractivity contribution in [3.8, 4) is 0 Å². The van der Waals surface area contributed by atoms with Crippen molar-refractivity contribution < 1.29 is 31.2 Å². The lowest BCUT2D eigenvalue weighted by Gasteiger charge is -2.16. The summed E-state index contributed by atoms with van der Waals surface area (Å²) in [6, 6.07) is 16.2. The molecule has 0 radical (unpaired) electrons. The first-order valence-electron chi connectivity index (χ1n) is 9.29. The lowest BCUT2D eigenvalue weighted by Crippen LogP contribution is -2.25. The number of rotatable bonds is 5. The van der Waals surface area contributed by atoms with Gasteiger partial charge >= 0.3 is 5.51 Å². The van der Waals surface area contributed by atoms with Crippen LogP contribution in [0.4, 0.5) is 24.5 Å².